The summed E-state index contributed by atoms with van der Waals surface area (Å²) in [7, 11) is 0. The molecule has 0 spiro atoms. The first kappa shape index (κ1) is 27.4. The molecule has 0 amide bonds. The summed E-state index contributed by atoms with van der Waals surface area (Å²) in [5.41, 5.74) is 6.12. The summed E-state index contributed by atoms with van der Waals surface area (Å²) >= 11 is 15.8. The first-order chi connectivity index (χ1) is 19.5. The molecular weight excluding hydrogens is 613 g/mol. The van der Waals surface area contributed by atoms with Crippen molar-refractivity contribution in [3.63, 3.8) is 0 Å². The highest BCUT2D eigenvalue weighted by molar-refractivity contribution is 9.10. The Balaban J connectivity index is 1.35. The zero-order chi connectivity index (χ0) is 27.7. The fourth-order valence-electron chi connectivity index (χ4n) is 3.54. The predicted molar refractivity (Wildman–Crippen MR) is 165 cm³/mol. The quantitative estimate of drug-likeness (QED) is 0.105. The number of hydrogen-bond acceptors (Lipinski definition) is 8. The fraction of sp³-hybridized carbons (Fsp3) is 0.0345. The second-order valence-corrected chi connectivity index (χ2v) is 10.1. The SMILES string of the molecule is Clc1ccc(COc2ccc(Br)cc2/C=N/Nc2nc(Nc3ccccc3)nc(Nc3ccccc3)n2)c(Cl)c1. The first-order valence-corrected chi connectivity index (χ1v) is 13.6. The summed E-state index contributed by atoms with van der Waals surface area (Å²) in [5.74, 6) is 1.56. The van der Waals surface area contributed by atoms with Gasteiger partial charge >= 0.3 is 0 Å². The highest BCUT2D eigenvalue weighted by Gasteiger charge is 2.09. The van der Waals surface area contributed by atoms with Crippen molar-refractivity contribution in [3.8, 4) is 5.75 Å². The Hall–Kier alpha value is -4.18. The van der Waals surface area contributed by atoms with E-state index in [4.69, 9.17) is 27.9 Å². The monoisotopic (exact) mass is 633 g/mol. The number of nitrogens with zero attached hydrogens (tertiary/aromatic N) is 4. The largest absolute Gasteiger partial charge is 0.488 e. The van der Waals surface area contributed by atoms with Gasteiger partial charge in [0, 0.05) is 37.0 Å². The standard InChI is InChI=1S/C29H22BrCl2N7O/c30-21-12-14-26(40-18-19-11-13-22(31)16-25(19)32)20(15-21)17-33-39-29-37-27(34-23-7-3-1-4-8-23)36-28(38-29)35-24-9-5-2-6-10-24/h1-17H,18H2,(H3,34,35,36,37,38,39)/b33-17+. The number of para-hydroxylation sites is 2. The van der Waals surface area contributed by atoms with Crippen LogP contribution < -0.4 is 20.8 Å². The third-order valence-corrected chi connectivity index (χ3v) is 6.51. The van der Waals surface area contributed by atoms with E-state index in [1.54, 1.807) is 18.3 Å². The van der Waals surface area contributed by atoms with Crippen LogP contribution in [0, 0.1) is 0 Å². The molecule has 0 bridgehead atoms. The molecule has 40 heavy (non-hydrogen) atoms. The molecule has 5 rings (SSSR count). The summed E-state index contributed by atoms with van der Waals surface area (Å²) in [6.07, 6.45) is 1.63. The molecule has 11 heteroatoms. The van der Waals surface area contributed by atoms with Gasteiger partial charge in [-0.25, -0.2) is 5.43 Å². The molecule has 4 aromatic carbocycles. The Morgan fingerprint density at radius 3 is 2.00 bits per heavy atom. The first-order valence-electron chi connectivity index (χ1n) is 12.1. The molecule has 0 atom stereocenters. The van der Waals surface area contributed by atoms with E-state index in [2.05, 4.69) is 52.0 Å². The molecule has 0 saturated heterocycles. The molecule has 0 aliphatic rings. The number of hydrazone groups is 1. The predicted octanol–water partition coefficient (Wildman–Crippen LogP) is 8.45. The molecule has 200 valence electrons. The van der Waals surface area contributed by atoms with Crippen LogP contribution in [0.5, 0.6) is 5.75 Å². The second-order valence-electron chi connectivity index (χ2n) is 8.36. The molecule has 0 radical (unpaired) electrons. The van der Waals surface area contributed by atoms with E-state index < -0.39 is 0 Å². The summed E-state index contributed by atoms with van der Waals surface area (Å²) < 4.78 is 6.91. The minimum atomic E-state index is 0.244. The van der Waals surface area contributed by atoms with Gasteiger partial charge in [0.25, 0.3) is 0 Å². The molecule has 0 unspecified atom stereocenters. The van der Waals surface area contributed by atoms with E-state index in [1.807, 2.05) is 84.9 Å². The average Bonchev–Trinajstić information content (AvgIpc) is 2.94. The summed E-state index contributed by atoms with van der Waals surface area (Å²) in [4.78, 5) is 13.4. The van der Waals surface area contributed by atoms with Crippen molar-refractivity contribution >= 4 is 74.6 Å². The van der Waals surface area contributed by atoms with Crippen LogP contribution in [0.15, 0.2) is 107 Å². The summed E-state index contributed by atoms with van der Waals surface area (Å²) in [6, 6.07) is 30.2. The van der Waals surface area contributed by atoms with Gasteiger partial charge in [-0.1, -0.05) is 81.6 Å². The summed E-state index contributed by atoms with van der Waals surface area (Å²) in [6.45, 7) is 0.266. The molecule has 0 fully saturated rings. The Morgan fingerprint density at radius 1 is 0.750 bits per heavy atom. The lowest BCUT2D eigenvalue weighted by atomic mass is 10.2. The van der Waals surface area contributed by atoms with E-state index in [9.17, 15) is 0 Å². The van der Waals surface area contributed by atoms with Crippen LogP contribution >= 0.6 is 39.1 Å². The highest BCUT2D eigenvalue weighted by atomic mass is 79.9. The number of benzene rings is 4. The Kier molecular flexibility index (Phi) is 9.07. The van der Waals surface area contributed by atoms with Gasteiger partial charge in [0.2, 0.25) is 17.8 Å². The van der Waals surface area contributed by atoms with Gasteiger partial charge in [-0.3, -0.25) is 0 Å². The van der Waals surface area contributed by atoms with Crippen LogP contribution in [-0.2, 0) is 6.61 Å². The maximum atomic E-state index is 6.30. The van der Waals surface area contributed by atoms with Crippen LogP contribution in [0.1, 0.15) is 11.1 Å². The molecule has 8 nitrogen and oxygen atoms in total. The molecule has 3 N–H and O–H groups in total. The minimum absolute atomic E-state index is 0.244. The van der Waals surface area contributed by atoms with Crippen LogP contribution in [0.2, 0.25) is 10.0 Å². The lowest BCUT2D eigenvalue weighted by Crippen LogP contribution is -2.07. The normalized spacial score (nSPS) is 10.9. The van der Waals surface area contributed by atoms with Crippen molar-refractivity contribution in [3.05, 3.63) is 123 Å². The van der Waals surface area contributed by atoms with Crippen molar-refractivity contribution in [1.29, 1.82) is 0 Å². The Morgan fingerprint density at radius 2 is 1.38 bits per heavy atom. The maximum absolute atomic E-state index is 6.30. The number of hydrogen-bond donors (Lipinski definition) is 3. The third kappa shape index (κ3) is 7.69. The maximum Gasteiger partial charge on any atom is 0.250 e. The molecular formula is C29H22BrCl2N7O. The average molecular weight is 635 g/mol. The zero-order valence-corrected chi connectivity index (χ0v) is 24.0. The van der Waals surface area contributed by atoms with E-state index in [0.29, 0.717) is 27.7 Å². The van der Waals surface area contributed by atoms with Gasteiger partial charge in [0.05, 0.1) is 6.21 Å². The Labute approximate surface area is 249 Å². The number of ether oxygens (including phenoxy) is 1. The van der Waals surface area contributed by atoms with Crippen LogP contribution in [0.4, 0.5) is 29.2 Å². The van der Waals surface area contributed by atoms with E-state index in [1.165, 1.54) is 0 Å². The molecule has 5 aromatic rings. The zero-order valence-electron chi connectivity index (χ0n) is 20.9. The van der Waals surface area contributed by atoms with Gasteiger partial charge < -0.3 is 15.4 Å². The highest BCUT2D eigenvalue weighted by Crippen LogP contribution is 2.26. The number of anilines is 5. The fourth-order valence-corrected chi connectivity index (χ4v) is 4.39. The van der Waals surface area contributed by atoms with Gasteiger partial charge in [0.15, 0.2) is 0 Å². The van der Waals surface area contributed by atoms with Gasteiger partial charge in [0.1, 0.15) is 12.4 Å². The third-order valence-electron chi connectivity index (χ3n) is 5.43. The van der Waals surface area contributed by atoms with Crippen LogP contribution in [0.3, 0.4) is 0 Å². The Bertz CT molecular complexity index is 1560. The smallest absolute Gasteiger partial charge is 0.250 e. The second kappa shape index (κ2) is 13.3. The molecule has 0 aliphatic carbocycles. The molecule has 0 saturated carbocycles. The van der Waals surface area contributed by atoms with E-state index in [0.717, 1.165) is 27.0 Å². The number of rotatable bonds is 10. The van der Waals surface area contributed by atoms with Crippen molar-refractivity contribution in [2.24, 2.45) is 5.10 Å². The number of halogens is 3. The lowest BCUT2D eigenvalue weighted by molar-refractivity contribution is 0.306. The topological polar surface area (TPSA) is 96.4 Å². The van der Waals surface area contributed by atoms with Crippen LogP contribution in [-0.4, -0.2) is 21.2 Å². The molecule has 1 aromatic heterocycles. The van der Waals surface area contributed by atoms with Crippen molar-refractivity contribution in [2.75, 3.05) is 16.1 Å². The van der Waals surface area contributed by atoms with Crippen molar-refractivity contribution in [1.82, 2.24) is 15.0 Å². The van der Waals surface area contributed by atoms with Gasteiger partial charge in [-0.15, -0.1) is 0 Å². The molecule has 0 aliphatic heterocycles. The number of nitrogens with one attached hydrogen (secondary N) is 3. The van der Waals surface area contributed by atoms with Crippen LogP contribution in [0.25, 0.3) is 0 Å². The summed E-state index contributed by atoms with van der Waals surface area (Å²) in [5, 5.41) is 11.9. The van der Waals surface area contributed by atoms with Crippen molar-refractivity contribution < 1.29 is 4.74 Å². The minimum Gasteiger partial charge on any atom is -0.488 e. The van der Waals surface area contributed by atoms with E-state index >= 15 is 0 Å². The van der Waals surface area contributed by atoms with Crippen molar-refractivity contribution in [2.45, 2.75) is 6.61 Å². The number of aromatic nitrogens is 3. The van der Waals surface area contributed by atoms with Gasteiger partial charge in [-0.2, -0.15) is 20.1 Å². The van der Waals surface area contributed by atoms with E-state index in [-0.39, 0.29) is 12.6 Å². The molecule has 1 heterocycles. The lowest BCUT2D eigenvalue weighted by Gasteiger charge is -2.11. The van der Waals surface area contributed by atoms with Gasteiger partial charge in [-0.05, 0) is 54.6 Å².